The van der Waals surface area contributed by atoms with Crippen LogP contribution < -0.4 is 10.5 Å². The maximum absolute atomic E-state index is 11.5. The molecule has 0 saturated heterocycles. The van der Waals surface area contributed by atoms with Crippen molar-refractivity contribution in [3.63, 3.8) is 0 Å². The fourth-order valence-corrected chi connectivity index (χ4v) is 2.12. The summed E-state index contributed by atoms with van der Waals surface area (Å²) in [5, 5.41) is 7.63. The van der Waals surface area contributed by atoms with Crippen molar-refractivity contribution >= 4 is 15.9 Å². The van der Waals surface area contributed by atoms with Crippen molar-refractivity contribution < 1.29 is 13.2 Å². The lowest BCUT2D eigenvalue weighted by molar-refractivity contribution is 0.0955. The molecule has 0 atom stereocenters. The maximum Gasteiger partial charge on any atom is 0.251 e. The van der Waals surface area contributed by atoms with Crippen molar-refractivity contribution in [3.8, 4) is 0 Å². The number of sulfonamides is 1. The number of carbonyl (C=O) groups is 1. The molecule has 0 radical (unpaired) electrons. The molecular weight excluding hydrogens is 228 g/mol. The Labute approximate surface area is 94.7 Å². The molecule has 0 unspecified atom stereocenters. The number of benzene rings is 1. The molecule has 0 saturated carbocycles. The standard InChI is InChI=1S/C10H14N2O3S/c1-3-12-10(13)8-5-4-7(2)9(6-8)16(11,14)15/h4-6H,3H2,1-2H3,(H,12,13)(H2,11,14,15). The lowest BCUT2D eigenvalue weighted by Gasteiger charge is -2.06. The number of hydrogen-bond acceptors (Lipinski definition) is 3. The predicted molar refractivity (Wildman–Crippen MR) is 60.6 cm³/mol. The second-order valence-electron chi connectivity index (χ2n) is 3.38. The molecule has 1 amide bonds. The van der Waals surface area contributed by atoms with E-state index in [1.807, 2.05) is 0 Å². The zero-order valence-electron chi connectivity index (χ0n) is 9.15. The smallest absolute Gasteiger partial charge is 0.251 e. The number of rotatable bonds is 3. The molecule has 1 rings (SSSR count). The van der Waals surface area contributed by atoms with Crippen LogP contribution in [0.2, 0.25) is 0 Å². The summed E-state index contributed by atoms with van der Waals surface area (Å²) in [6, 6.07) is 4.41. The molecule has 0 spiro atoms. The normalized spacial score (nSPS) is 11.2. The Morgan fingerprint density at radius 2 is 2.06 bits per heavy atom. The highest BCUT2D eigenvalue weighted by atomic mass is 32.2. The quantitative estimate of drug-likeness (QED) is 0.803. The second-order valence-corrected chi connectivity index (χ2v) is 4.91. The van der Waals surface area contributed by atoms with Crippen LogP contribution in [0.5, 0.6) is 0 Å². The molecule has 0 aliphatic heterocycles. The van der Waals surface area contributed by atoms with Gasteiger partial charge >= 0.3 is 0 Å². The molecule has 1 aromatic carbocycles. The highest BCUT2D eigenvalue weighted by Gasteiger charge is 2.14. The molecule has 0 heterocycles. The van der Waals surface area contributed by atoms with Crippen molar-refractivity contribution in [3.05, 3.63) is 29.3 Å². The van der Waals surface area contributed by atoms with Crippen LogP contribution in [0, 0.1) is 6.92 Å². The van der Waals surface area contributed by atoms with Gasteiger partial charge in [-0.05, 0) is 31.5 Å². The van der Waals surface area contributed by atoms with Crippen LogP contribution in [0.3, 0.4) is 0 Å². The van der Waals surface area contributed by atoms with Gasteiger partial charge in [-0.2, -0.15) is 0 Å². The topological polar surface area (TPSA) is 89.3 Å². The van der Waals surface area contributed by atoms with Crippen LogP contribution >= 0.6 is 0 Å². The third-order valence-corrected chi connectivity index (χ3v) is 3.15. The highest BCUT2D eigenvalue weighted by Crippen LogP contribution is 2.15. The van der Waals surface area contributed by atoms with Gasteiger partial charge in [-0.1, -0.05) is 6.07 Å². The van der Waals surface area contributed by atoms with Gasteiger partial charge in [0.25, 0.3) is 5.91 Å². The Bertz CT molecular complexity index is 509. The van der Waals surface area contributed by atoms with Crippen LogP contribution in [-0.2, 0) is 10.0 Å². The number of carbonyl (C=O) groups excluding carboxylic acids is 1. The van der Waals surface area contributed by atoms with E-state index in [9.17, 15) is 13.2 Å². The molecule has 16 heavy (non-hydrogen) atoms. The number of nitrogens with one attached hydrogen (secondary N) is 1. The average molecular weight is 242 g/mol. The van der Waals surface area contributed by atoms with E-state index < -0.39 is 10.0 Å². The first-order valence-corrected chi connectivity index (χ1v) is 6.32. The van der Waals surface area contributed by atoms with E-state index in [2.05, 4.69) is 5.32 Å². The van der Waals surface area contributed by atoms with Crippen molar-refractivity contribution in [1.82, 2.24) is 5.32 Å². The second kappa shape index (κ2) is 4.63. The zero-order valence-corrected chi connectivity index (χ0v) is 9.97. The van der Waals surface area contributed by atoms with Gasteiger partial charge < -0.3 is 5.32 Å². The van der Waals surface area contributed by atoms with Crippen LogP contribution in [0.15, 0.2) is 23.1 Å². The summed E-state index contributed by atoms with van der Waals surface area (Å²) in [7, 11) is -3.78. The molecule has 0 aromatic heterocycles. The van der Waals surface area contributed by atoms with Crippen molar-refractivity contribution in [2.24, 2.45) is 5.14 Å². The zero-order chi connectivity index (χ0) is 12.3. The Morgan fingerprint density at radius 3 is 2.56 bits per heavy atom. The van der Waals surface area contributed by atoms with Gasteiger partial charge in [0.2, 0.25) is 10.0 Å². The minimum atomic E-state index is -3.78. The largest absolute Gasteiger partial charge is 0.352 e. The van der Waals surface area contributed by atoms with Gasteiger partial charge in [0.05, 0.1) is 4.90 Å². The summed E-state index contributed by atoms with van der Waals surface area (Å²) >= 11 is 0. The van der Waals surface area contributed by atoms with Gasteiger partial charge in [-0.25, -0.2) is 13.6 Å². The van der Waals surface area contributed by atoms with Gasteiger partial charge in [0.1, 0.15) is 0 Å². The first kappa shape index (κ1) is 12.7. The minimum Gasteiger partial charge on any atom is -0.352 e. The number of amides is 1. The molecule has 5 nitrogen and oxygen atoms in total. The maximum atomic E-state index is 11.5. The van der Waals surface area contributed by atoms with E-state index >= 15 is 0 Å². The first-order valence-electron chi connectivity index (χ1n) is 4.78. The molecule has 88 valence electrons. The molecule has 0 fully saturated rings. The van der Waals surface area contributed by atoms with Crippen LogP contribution in [0.1, 0.15) is 22.8 Å². The van der Waals surface area contributed by atoms with E-state index in [1.165, 1.54) is 6.07 Å². The van der Waals surface area contributed by atoms with Gasteiger partial charge in [0.15, 0.2) is 0 Å². The lowest BCUT2D eigenvalue weighted by Crippen LogP contribution is -2.23. The highest BCUT2D eigenvalue weighted by molar-refractivity contribution is 7.89. The SMILES string of the molecule is CCNC(=O)c1ccc(C)c(S(N)(=O)=O)c1. The summed E-state index contributed by atoms with van der Waals surface area (Å²) in [5.74, 6) is -0.313. The van der Waals surface area contributed by atoms with Crippen LogP contribution in [0.4, 0.5) is 0 Å². The number of primary sulfonamides is 1. The molecule has 0 aliphatic carbocycles. The number of aryl methyl sites for hydroxylation is 1. The Balaban J connectivity index is 3.23. The van der Waals surface area contributed by atoms with Gasteiger partial charge in [-0.3, -0.25) is 4.79 Å². The van der Waals surface area contributed by atoms with Gasteiger partial charge in [0, 0.05) is 12.1 Å². The molecular formula is C10H14N2O3S. The summed E-state index contributed by atoms with van der Waals surface area (Å²) in [4.78, 5) is 11.5. The summed E-state index contributed by atoms with van der Waals surface area (Å²) in [5.41, 5.74) is 0.812. The fourth-order valence-electron chi connectivity index (χ4n) is 1.31. The summed E-state index contributed by atoms with van der Waals surface area (Å²) in [6.45, 7) is 3.89. The average Bonchev–Trinajstić information content (AvgIpc) is 2.16. The van der Waals surface area contributed by atoms with E-state index in [1.54, 1.807) is 26.0 Å². The molecule has 0 aliphatic rings. The molecule has 6 heteroatoms. The van der Waals surface area contributed by atoms with Gasteiger partial charge in [-0.15, -0.1) is 0 Å². The first-order chi connectivity index (χ1) is 7.36. The van der Waals surface area contributed by atoms with Crippen molar-refractivity contribution in [1.29, 1.82) is 0 Å². The summed E-state index contributed by atoms with van der Waals surface area (Å²) < 4.78 is 22.5. The van der Waals surface area contributed by atoms with E-state index in [0.717, 1.165) is 0 Å². The molecule has 0 bridgehead atoms. The number of nitrogens with two attached hydrogens (primary N) is 1. The van der Waals surface area contributed by atoms with E-state index in [4.69, 9.17) is 5.14 Å². The fraction of sp³-hybridized carbons (Fsp3) is 0.300. The Morgan fingerprint density at radius 1 is 1.44 bits per heavy atom. The Hall–Kier alpha value is -1.40. The van der Waals surface area contributed by atoms with Crippen LogP contribution in [0.25, 0.3) is 0 Å². The summed E-state index contributed by atoms with van der Waals surface area (Å²) in [6.07, 6.45) is 0. The Kier molecular flexibility index (Phi) is 3.66. The third kappa shape index (κ3) is 2.80. The van der Waals surface area contributed by atoms with Crippen molar-refractivity contribution in [2.75, 3.05) is 6.54 Å². The van der Waals surface area contributed by atoms with E-state index in [-0.39, 0.29) is 16.4 Å². The molecule has 1 aromatic rings. The predicted octanol–water partition coefficient (Wildman–Crippen LogP) is 0.392. The monoisotopic (exact) mass is 242 g/mol. The van der Waals surface area contributed by atoms with Crippen molar-refractivity contribution in [2.45, 2.75) is 18.7 Å². The van der Waals surface area contributed by atoms with Crippen LogP contribution in [-0.4, -0.2) is 20.9 Å². The third-order valence-electron chi connectivity index (χ3n) is 2.09. The van der Waals surface area contributed by atoms with E-state index in [0.29, 0.717) is 12.1 Å². The minimum absolute atomic E-state index is 0.0174. The number of hydrogen-bond donors (Lipinski definition) is 2. The lowest BCUT2D eigenvalue weighted by atomic mass is 10.1. The molecule has 3 N–H and O–H groups in total.